The van der Waals surface area contributed by atoms with Gasteiger partial charge in [0.25, 0.3) is 17.7 Å². The lowest BCUT2D eigenvalue weighted by Crippen LogP contribution is -2.44. The standard InChI is InChI=1S/C17H18ClN3O3/c1-23-15-16(20-9-8-19-15)24-12-5-4-10-21(11-12)17(22)13-6-2-3-7-14(13)18/h2-3,6-9,12H,4-5,10-11H2,1H3. The molecule has 1 unspecified atom stereocenters. The van der Waals surface area contributed by atoms with Crippen LogP contribution in [0.2, 0.25) is 5.02 Å². The largest absolute Gasteiger partial charge is 0.477 e. The van der Waals surface area contributed by atoms with E-state index in [2.05, 4.69) is 9.97 Å². The normalized spacial score (nSPS) is 17.4. The number of benzene rings is 1. The Morgan fingerprint density at radius 1 is 1.25 bits per heavy atom. The molecule has 0 spiro atoms. The molecule has 3 rings (SSSR count). The van der Waals surface area contributed by atoms with Crippen LogP contribution in [0.1, 0.15) is 23.2 Å². The number of piperidine rings is 1. The third-order valence-electron chi connectivity index (χ3n) is 3.87. The van der Waals surface area contributed by atoms with Crippen molar-refractivity contribution in [3.63, 3.8) is 0 Å². The van der Waals surface area contributed by atoms with Crippen molar-refractivity contribution in [1.29, 1.82) is 0 Å². The van der Waals surface area contributed by atoms with Gasteiger partial charge in [0.15, 0.2) is 0 Å². The van der Waals surface area contributed by atoms with E-state index in [1.54, 1.807) is 29.4 Å². The molecule has 0 N–H and O–H groups in total. The van der Waals surface area contributed by atoms with Gasteiger partial charge >= 0.3 is 0 Å². The summed E-state index contributed by atoms with van der Waals surface area (Å²) in [7, 11) is 1.52. The van der Waals surface area contributed by atoms with Crippen molar-refractivity contribution in [2.24, 2.45) is 0 Å². The molecule has 0 aliphatic carbocycles. The van der Waals surface area contributed by atoms with Crippen LogP contribution < -0.4 is 9.47 Å². The van der Waals surface area contributed by atoms with E-state index in [0.717, 1.165) is 12.8 Å². The predicted molar refractivity (Wildman–Crippen MR) is 89.6 cm³/mol. The molecule has 1 aromatic carbocycles. The number of amides is 1. The fraction of sp³-hybridized carbons (Fsp3) is 0.353. The lowest BCUT2D eigenvalue weighted by atomic mass is 10.1. The van der Waals surface area contributed by atoms with E-state index in [-0.39, 0.29) is 12.0 Å². The van der Waals surface area contributed by atoms with Gasteiger partial charge in [-0.2, -0.15) is 0 Å². The molecule has 1 atom stereocenters. The molecule has 1 saturated heterocycles. The Morgan fingerprint density at radius 3 is 2.75 bits per heavy atom. The summed E-state index contributed by atoms with van der Waals surface area (Å²) in [5.74, 6) is 0.601. The van der Waals surface area contributed by atoms with E-state index < -0.39 is 0 Å². The third kappa shape index (κ3) is 3.59. The summed E-state index contributed by atoms with van der Waals surface area (Å²) >= 11 is 6.13. The van der Waals surface area contributed by atoms with Crippen LogP contribution in [0.4, 0.5) is 0 Å². The molecular formula is C17H18ClN3O3. The van der Waals surface area contributed by atoms with Gasteiger partial charge in [-0.25, -0.2) is 9.97 Å². The Labute approximate surface area is 145 Å². The summed E-state index contributed by atoms with van der Waals surface area (Å²) in [5.41, 5.74) is 0.511. The van der Waals surface area contributed by atoms with Crippen molar-refractivity contribution in [2.75, 3.05) is 20.2 Å². The zero-order valence-corrected chi connectivity index (χ0v) is 14.1. The Kier molecular flexibility index (Phi) is 5.15. The summed E-state index contributed by atoms with van der Waals surface area (Å²) in [6.07, 6.45) is 4.62. The molecule has 1 aromatic heterocycles. The maximum atomic E-state index is 12.7. The zero-order chi connectivity index (χ0) is 16.9. The highest BCUT2D eigenvalue weighted by Gasteiger charge is 2.27. The molecular weight excluding hydrogens is 330 g/mol. The fourth-order valence-corrected chi connectivity index (χ4v) is 2.93. The van der Waals surface area contributed by atoms with Gasteiger partial charge in [-0.15, -0.1) is 0 Å². The summed E-state index contributed by atoms with van der Waals surface area (Å²) in [6.45, 7) is 1.16. The summed E-state index contributed by atoms with van der Waals surface area (Å²) < 4.78 is 11.0. The monoisotopic (exact) mass is 347 g/mol. The van der Waals surface area contributed by atoms with Crippen molar-refractivity contribution in [3.8, 4) is 11.8 Å². The average molecular weight is 348 g/mol. The van der Waals surface area contributed by atoms with Gasteiger partial charge in [0.05, 0.1) is 24.2 Å². The van der Waals surface area contributed by atoms with Gasteiger partial charge in [-0.3, -0.25) is 4.79 Å². The number of hydrogen-bond donors (Lipinski definition) is 0. The van der Waals surface area contributed by atoms with Crippen LogP contribution in [0.3, 0.4) is 0 Å². The maximum Gasteiger partial charge on any atom is 0.278 e. The van der Waals surface area contributed by atoms with Crippen molar-refractivity contribution in [2.45, 2.75) is 18.9 Å². The third-order valence-corrected chi connectivity index (χ3v) is 4.20. The summed E-state index contributed by atoms with van der Waals surface area (Å²) in [5, 5.41) is 0.459. The Hall–Kier alpha value is -2.34. The number of rotatable bonds is 4. The molecule has 7 heteroatoms. The Bertz CT molecular complexity index is 726. The Morgan fingerprint density at radius 2 is 2.00 bits per heavy atom. The minimum atomic E-state index is -0.157. The zero-order valence-electron chi connectivity index (χ0n) is 13.3. The average Bonchev–Trinajstić information content (AvgIpc) is 2.62. The molecule has 24 heavy (non-hydrogen) atoms. The topological polar surface area (TPSA) is 64.6 Å². The van der Waals surface area contributed by atoms with E-state index in [9.17, 15) is 4.79 Å². The minimum Gasteiger partial charge on any atom is -0.477 e. The molecule has 6 nitrogen and oxygen atoms in total. The minimum absolute atomic E-state index is 0.0833. The van der Waals surface area contributed by atoms with E-state index in [1.165, 1.54) is 7.11 Å². The van der Waals surface area contributed by atoms with Crippen LogP contribution in [0.15, 0.2) is 36.7 Å². The van der Waals surface area contributed by atoms with Crippen LogP contribution in [-0.4, -0.2) is 47.1 Å². The van der Waals surface area contributed by atoms with Crippen molar-refractivity contribution < 1.29 is 14.3 Å². The second kappa shape index (κ2) is 7.49. The highest BCUT2D eigenvalue weighted by molar-refractivity contribution is 6.33. The number of methoxy groups -OCH3 is 1. The van der Waals surface area contributed by atoms with E-state index in [0.29, 0.717) is 35.4 Å². The predicted octanol–water partition coefficient (Wildman–Crippen LogP) is 2.82. The highest BCUT2D eigenvalue weighted by atomic mass is 35.5. The fourth-order valence-electron chi connectivity index (χ4n) is 2.72. The van der Waals surface area contributed by atoms with Crippen LogP contribution >= 0.6 is 11.6 Å². The van der Waals surface area contributed by atoms with Crippen LogP contribution in [0, 0.1) is 0 Å². The van der Waals surface area contributed by atoms with Gasteiger partial charge in [0, 0.05) is 18.9 Å². The second-order valence-corrected chi connectivity index (χ2v) is 5.89. The molecule has 2 heterocycles. The number of halogens is 1. The van der Waals surface area contributed by atoms with E-state index >= 15 is 0 Å². The summed E-state index contributed by atoms with van der Waals surface area (Å²) in [6, 6.07) is 7.07. The summed E-state index contributed by atoms with van der Waals surface area (Å²) in [4.78, 5) is 22.7. The van der Waals surface area contributed by atoms with Crippen molar-refractivity contribution in [1.82, 2.24) is 14.9 Å². The van der Waals surface area contributed by atoms with Gasteiger partial charge in [0.1, 0.15) is 6.10 Å². The molecule has 126 valence electrons. The molecule has 0 saturated carbocycles. The lowest BCUT2D eigenvalue weighted by molar-refractivity contribution is 0.0519. The lowest BCUT2D eigenvalue weighted by Gasteiger charge is -2.32. The molecule has 0 bridgehead atoms. The number of likely N-dealkylation sites (tertiary alicyclic amines) is 1. The molecule has 0 radical (unpaired) electrons. The van der Waals surface area contributed by atoms with Crippen LogP contribution in [0.5, 0.6) is 11.8 Å². The van der Waals surface area contributed by atoms with Crippen molar-refractivity contribution in [3.05, 3.63) is 47.2 Å². The first-order chi connectivity index (χ1) is 11.7. The maximum absolute atomic E-state index is 12.7. The number of carbonyl (C=O) groups is 1. The first-order valence-electron chi connectivity index (χ1n) is 7.74. The quantitative estimate of drug-likeness (QED) is 0.851. The molecule has 1 fully saturated rings. The van der Waals surface area contributed by atoms with Crippen molar-refractivity contribution >= 4 is 17.5 Å². The van der Waals surface area contributed by atoms with Gasteiger partial charge < -0.3 is 14.4 Å². The Balaban J connectivity index is 1.70. The highest BCUT2D eigenvalue weighted by Crippen LogP contribution is 2.25. The molecule has 1 amide bonds. The van der Waals surface area contributed by atoms with Gasteiger partial charge in [-0.05, 0) is 25.0 Å². The van der Waals surface area contributed by atoms with Gasteiger partial charge in [0.2, 0.25) is 0 Å². The molecule has 1 aliphatic rings. The van der Waals surface area contributed by atoms with Crippen LogP contribution in [-0.2, 0) is 0 Å². The number of carbonyl (C=O) groups excluding carboxylic acids is 1. The van der Waals surface area contributed by atoms with Crippen LogP contribution in [0.25, 0.3) is 0 Å². The first-order valence-corrected chi connectivity index (χ1v) is 8.12. The number of nitrogens with zero attached hydrogens (tertiary/aromatic N) is 3. The van der Waals surface area contributed by atoms with E-state index in [4.69, 9.17) is 21.1 Å². The first kappa shape index (κ1) is 16.5. The second-order valence-electron chi connectivity index (χ2n) is 5.48. The molecule has 2 aromatic rings. The number of ether oxygens (including phenoxy) is 2. The SMILES string of the molecule is COc1nccnc1OC1CCCN(C(=O)c2ccccc2Cl)C1. The van der Waals surface area contributed by atoms with E-state index in [1.807, 2.05) is 12.1 Å². The molecule has 1 aliphatic heterocycles. The number of aromatic nitrogens is 2. The van der Waals surface area contributed by atoms with Gasteiger partial charge in [-0.1, -0.05) is 23.7 Å². The number of hydrogen-bond acceptors (Lipinski definition) is 5. The smallest absolute Gasteiger partial charge is 0.278 e.